The molecule has 10 heavy (non-hydrogen) atoms. The van der Waals surface area contributed by atoms with E-state index in [1.165, 1.54) is 12.8 Å². The highest BCUT2D eigenvalue weighted by Crippen LogP contribution is 1.96. The van der Waals surface area contributed by atoms with Gasteiger partial charge in [0.2, 0.25) is 0 Å². The van der Waals surface area contributed by atoms with Gasteiger partial charge in [0.1, 0.15) is 5.82 Å². The maximum Gasteiger partial charge on any atom is 0.105 e. The van der Waals surface area contributed by atoms with Gasteiger partial charge in [-0.05, 0) is 6.42 Å². The summed E-state index contributed by atoms with van der Waals surface area (Å²) in [6.45, 7) is 2.18. The molecule has 0 bridgehead atoms. The molecular weight excluding hydrogens is 126 g/mol. The molecule has 4 N–H and O–H groups in total. The van der Waals surface area contributed by atoms with Crippen molar-refractivity contribution in [2.45, 2.75) is 26.2 Å². The number of aromatic nitrogens is 2. The van der Waals surface area contributed by atoms with Crippen LogP contribution in [0, 0.1) is 0 Å². The Hall–Kier alpha value is -0.830. The third-order valence-corrected chi connectivity index (χ3v) is 1.32. The van der Waals surface area contributed by atoms with Crippen LogP contribution in [0.2, 0.25) is 0 Å². The highest BCUT2D eigenvalue weighted by molar-refractivity contribution is 4.86. The highest BCUT2D eigenvalue weighted by atomic mass is 14.9. The Balaban J connectivity index is 0.000000810. The zero-order chi connectivity index (χ0) is 6.53. The zero-order valence-corrected chi connectivity index (χ0v) is 6.43. The van der Waals surface area contributed by atoms with Crippen molar-refractivity contribution in [1.82, 2.24) is 16.1 Å². The number of nitrogens with one attached hydrogen (secondary N) is 1. The Morgan fingerprint density at radius 2 is 2.40 bits per heavy atom. The van der Waals surface area contributed by atoms with Crippen molar-refractivity contribution in [2.75, 3.05) is 0 Å². The number of unbranched alkanes of at least 4 members (excludes halogenated alkanes) is 1. The molecule has 0 aliphatic rings. The minimum atomic E-state index is 0. The Kier molecular flexibility index (Phi) is 4.58. The van der Waals surface area contributed by atoms with Crippen LogP contribution in [0.5, 0.6) is 0 Å². The highest BCUT2D eigenvalue weighted by Gasteiger charge is 1.90. The van der Waals surface area contributed by atoms with Gasteiger partial charge in [0.25, 0.3) is 0 Å². The predicted molar refractivity (Wildman–Crippen MR) is 42.2 cm³/mol. The number of nitrogens with zero attached hydrogens (tertiary/aromatic N) is 1. The molecule has 0 saturated heterocycles. The lowest BCUT2D eigenvalue weighted by Gasteiger charge is -1.90. The second-order valence-electron chi connectivity index (χ2n) is 2.14. The van der Waals surface area contributed by atoms with E-state index in [0.29, 0.717) is 0 Å². The fourth-order valence-corrected chi connectivity index (χ4v) is 0.779. The van der Waals surface area contributed by atoms with Crippen LogP contribution in [0.15, 0.2) is 12.4 Å². The van der Waals surface area contributed by atoms with Crippen LogP contribution in [-0.2, 0) is 6.42 Å². The van der Waals surface area contributed by atoms with Gasteiger partial charge < -0.3 is 11.1 Å². The third-order valence-electron chi connectivity index (χ3n) is 1.32. The zero-order valence-electron chi connectivity index (χ0n) is 6.43. The standard InChI is InChI=1S/C7H12N2.H3N/c1-2-3-4-7-8-5-6-9-7;/h5-6H,2-4H2,1H3,(H,8,9);1H3. The molecule has 0 unspecified atom stereocenters. The van der Waals surface area contributed by atoms with Gasteiger partial charge >= 0.3 is 0 Å². The maximum atomic E-state index is 4.10. The lowest BCUT2D eigenvalue weighted by Crippen LogP contribution is -1.85. The van der Waals surface area contributed by atoms with Gasteiger partial charge in [-0.1, -0.05) is 13.3 Å². The molecular formula is C7H15N3. The van der Waals surface area contributed by atoms with Crippen LogP contribution in [0.25, 0.3) is 0 Å². The van der Waals surface area contributed by atoms with Crippen LogP contribution < -0.4 is 6.15 Å². The van der Waals surface area contributed by atoms with Crippen LogP contribution >= 0.6 is 0 Å². The van der Waals surface area contributed by atoms with Gasteiger partial charge in [-0.15, -0.1) is 0 Å². The summed E-state index contributed by atoms with van der Waals surface area (Å²) in [6, 6.07) is 0. The van der Waals surface area contributed by atoms with Gasteiger partial charge in [-0.3, -0.25) is 0 Å². The predicted octanol–water partition coefficient (Wildman–Crippen LogP) is 1.91. The Morgan fingerprint density at radius 3 is 2.90 bits per heavy atom. The number of aromatic amines is 1. The van der Waals surface area contributed by atoms with Crippen LogP contribution in [0.4, 0.5) is 0 Å². The Labute approximate surface area is 61.5 Å². The second kappa shape index (κ2) is 4.99. The number of H-pyrrole nitrogens is 1. The first kappa shape index (κ1) is 9.17. The maximum absolute atomic E-state index is 4.10. The first-order chi connectivity index (χ1) is 4.43. The Morgan fingerprint density at radius 1 is 1.60 bits per heavy atom. The number of hydrogen-bond donors (Lipinski definition) is 2. The molecule has 0 aliphatic carbocycles. The number of hydrogen-bond acceptors (Lipinski definition) is 2. The average molecular weight is 141 g/mol. The fraction of sp³-hybridized carbons (Fsp3) is 0.571. The van der Waals surface area contributed by atoms with E-state index in [1.807, 2.05) is 6.20 Å². The van der Waals surface area contributed by atoms with Crippen molar-refractivity contribution in [2.24, 2.45) is 0 Å². The van der Waals surface area contributed by atoms with Crippen molar-refractivity contribution in [3.8, 4) is 0 Å². The average Bonchev–Trinajstić information content (AvgIpc) is 2.34. The van der Waals surface area contributed by atoms with Crippen molar-refractivity contribution >= 4 is 0 Å². The van der Waals surface area contributed by atoms with Gasteiger partial charge in [-0.25, -0.2) is 4.98 Å². The molecule has 0 atom stereocenters. The summed E-state index contributed by atoms with van der Waals surface area (Å²) in [4.78, 5) is 7.16. The van der Waals surface area contributed by atoms with Crippen LogP contribution in [0.3, 0.4) is 0 Å². The molecule has 1 aromatic rings. The SMILES string of the molecule is CCCCc1ncc[nH]1.N. The molecule has 58 valence electrons. The van der Waals surface area contributed by atoms with Crippen molar-refractivity contribution < 1.29 is 0 Å². The topological polar surface area (TPSA) is 63.7 Å². The quantitative estimate of drug-likeness (QED) is 0.675. The van der Waals surface area contributed by atoms with E-state index < -0.39 is 0 Å². The summed E-state index contributed by atoms with van der Waals surface area (Å²) in [5.74, 6) is 1.11. The monoisotopic (exact) mass is 141 g/mol. The van der Waals surface area contributed by atoms with Gasteiger partial charge in [0, 0.05) is 18.8 Å². The molecule has 0 saturated carbocycles. The smallest absolute Gasteiger partial charge is 0.105 e. The summed E-state index contributed by atoms with van der Waals surface area (Å²) in [5, 5.41) is 0. The van der Waals surface area contributed by atoms with Gasteiger partial charge in [0.05, 0.1) is 0 Å². The summed E-state index contributed by atoms with van der Waals surface area (Å²) in [6.07, 6.45) is 7.22. The summed E-state index contributed by atoms with van der Waals surface area (Å²) >= 11 is 0. The number of rotatable bonds is 3. The van der Waals surface area contributed by atoms with E-state index >= 15 is 0 Å². The molecule has 1 rings (SSSR count). The molecule has 3 heteroatoms. The van der Waals surface area contributed by atoms with Crippen molar-refractivity contribution in [1.29, 1.82) is 0 Å². The van der Waals surface area contributed by atoms with Gasteiger partial charge in [0.15, 0.2) is 0 Å². The first-order valence-electron chi connectivity index (χ1n) is 3.41. The third kappa shape index (κ3) is 2.64. The molecule has 0 fully saturated rings. The lowest BCUT2D eigenvalue weighted by molar-refractivity contribution is 0.762. The molecule has 1 heterocycles. The second-order valence-corrected chi connectivity index (χ2v) is 2.14. The molecule has 0 radical (unpaired) electrons. The normalized spacial score (nSPS) is 8.90. The molecule has 0 spiro atoms. The van der Waals surface area contributed by atoms with E-state index in [1.54, 1.807) is 6.20 Å². The molecule has 1 aromatic heterocycles. The fourth-order valence-electron chi connectivity index (χ4n) is 0.779. The Bertz CT molecular complexity index is 146. The van der Waals surface area contributed by atoms with E-state index in [4.69, 9.17) is 0 Å². The molecule has 3 nitrogen and oxygen atoms in total. The summed E-state index contributed by atoms with van der Waals surface area (Å²) in [7, 11) is 0. The minimum Gasteiger partial charge on any atom is -0.349 e. The van der Waals surface area contributed by atoms with Crippen LogP contribution in [-0.4, -0.2) is 9.97 Å². The van der Waals surface area contributed by atoms with Crippen LogP contribution in [0.1, 0.15) is 25.6 Å². The van der Waals surface area contributed by atoms with E-state index in [2.05, 4.69) is 16.9 Å². The lowest BCUT2D eigenvalue weighted by atomic mass is 10.2. The van der Waals surface area contributed by atoms with Gasteiger partial charge in [-0.2, -0.15) is 0 Å². The molecule has 0 aliphatic heterocycles. The van der Waals surface area contributed by atoms with Crippen molar-refractivity contribution in [3.05, 3.63) is 18.2 Å². The van der Waals surface area contributed by atoms with E-state index in [-0.39, 0.29) is 6.15 Å². The molecule has 0 amide bonds. The van der Waals surface area contributed by atoms with E-state index in [9.17, 15) is 0 Å². The first-order valence-corrected chi connectivity index (χ1v) is 3.41. The summed E-state index contributed by atoms with van der Waals surface area (Å²) in [5.41, 5.74) is 0. The molecule has 0 aromatic carbocycles. The van der Waals surface area contributed by atoms with E-state index in [0.717, 1.165) is 12.2 Å². The number of aryl methyl sites for hydroxylation is 1. The minimum absolute atomic E-state index is 0. The number of imidazole rings is 1. The summed E-state index contributed by atoms with van der Waals surface area (Å²) < 4.78 is 0. The van der Waals surface area contributed by atoms with Crippen molar-refractivity contribution in [3.63, 3.8) is 0 Å². The largest absolute Gasteiger partial charge is 0.349 e.